The number of hydrogen-bond donors (Lipinski definition) is 3. The second-order valence-corrected chi connectivity index (χ2v) is 4.01. The maximum Gasteiger partial charge on any atom is 0.316 e. The van der Waals surface area contributed by atoms with Gasteiger partial charge in [-0.2, -0.15) is 0 Å². The Morgan fingerprint density at radius 3 is 2.39 bits per heavy atom. The molecule has 0 saturated heterocycles. The van der Waals surface area contributed by atoms with Gasteiger partial charge in [-0.3, -0.25) is 4.79 Å². The number of anilines is 1. The molecular formula is C12H17N3O3. The van der Waals surface area contributed by atoms with Crippen LogP contribution in [-0.4, -0.2) is 41.6 Å². The predicted octanol–water partition coefficient (Wildman–Crippen LogP) is 0.630. The highest BCUT2D eigenvalue weighted by Crippen LogP contribution is 2.12. The van der Waals surface area contributed by atoms with Gasteiger partial charge in [0.05, 0.1) is 12.6 Å². The third-order valence-electron chi connectivity index (χ3n) is 2.65. The molecule has 0 aliphatic rings. The molecule has 1 rings (SSSR count). The monoisotopic (exact) mass is 251 g/mol. The summed E-state index contributed by atoms with van der Waals surface area (Å²) in [5.41, 5.74) is 5.98. The Bertz CT molecular complexity index is 431. The number of carbonyl (C=O) groups is 2. The Morgan fingerprint density at radius 2 is 1.94 bits per heavy atom. The molecule has 0 heterocycles. The molecule has 1 aromatic carbocycles. The molecule has 4 N–H and O–H groups in total. The van der Waals surface area contributed by atoms with Crippen LogP contribution in [-0.2, 0) is 0 Å². The molecule has 0 radical (unpaired) electrons. The fraction of sp³-hybridized carbons (Fsp3) is 0.333. The summed E-state index contributed by atoms with van der Waals surface area (Å²) in [5, 5.41) is 11.4. The lowest BCUT2D eigenvalue weighted by molar-refractivity contribution is 0.0682. The molecule has 0 fully saturated rings. The number of amides is 3. The van der Waals surface area contributed by atoms with E-state index in [4.69, 9.17) is 10.8 Å². The lowest BCUT2D eigenvalue weighted by Crippen LogP contribution is -2.37. The van der Waals surface area contributed by atoms with Crippen LogP contribution in [0.1, 0.15) is 17.3 Å². The van der Waals surface area contributed by atoms with Crippen LogP contribution in [0.3, 0.4) is 0 Å². The Balaban J connectivity index is 2.78. The Morgan fingerprint density at radius 1 is 1.39 bits per heavy atom. The fourth-order valence-electron chi connectivity index (χ4n) is 1.36. The fourth-order valence-corrected chi connectivity index (χ4v) is 1.36. The number of primary amides is 1. The predicted molar refractivity (Wildman–Crippen MR) is 68.3 cm³/mol. The van der Waals surface area contributed by atoms with Crippen LogP contribution in [0.25, 0.3) is 0 Å². The van der Waals surface area contributed by atoms with Gasteiger partial charge in [-0.25, -0.2) is 4.79 Å². The number of nitrogens with one attached hydrogen (secondary N) is 1. The first-order valence-electron chi connectivity index (χ1n) is 5.50. The number of hydrogen-bond acceptors (Lipinski definition) is 3. The number of likely N-dealkylation sites (N-methyl/N-ethyl adjacent to an activating group) is 1. The van der Waals surface area contributed by atoms with Crippen LogP contribution in [0, 0.1) is 0 Å². The largest absolute Gasteiger partial charge is 0.394 e. The molecule has 0 spiro atoms. The third kappa shape index (κ3) is 3.46. The van der Waals surface area contributed by atoms with E-state index in [2.05, 4.69) is 5.32 Å². The van der Waals surface area contributed by atoms with Crippen molar-refractivity contribution in [3.05, 3.63) is 29.8 Å². The number of aliphatic hydroxyl groups excluding tert-OH is 1. The Hall–Kier alpha value is -2.08. The van der Waals surface area contributed by atoms with E-state index in [1.54, 1.807) is 38.2 Å². The van der Waals surface area contributed by atoms with E-state index in [0.717, 1.165) is 0 Å². The van der Waals surface area contributed by atoms with Crippen LogP contribution in [0.15, 0.2) is 24.3 Å². The van der Waals surface area contributed by atoms with Crippen LogP contribution >= 0.6 is 0 Å². The SMILES string of the molecule is CC(CO)N(C)C(=O)c1ccc(NC(N)=O)cc1. The zero-order chi connectivity index (χ0) is 13.7. The molecule has 0 saturated carbocycles. The number of carbonyl (C=O) groups excluding carboxylic acids is 2. The summed E-state index contributed by atoms with van der Waals surface area (Å²) >= 11 is 0. The summed E-state index contributed by atoms with van der Waals surface area (Å²) in [6, 6.07) is 5.47. The summed E-state index contributed by atoms with van der Waals surface area (Å²) in [7, 11) is 1.62. The molecular weight excluding hydrogens is 234 g/mol. The van der Waals surface area contributed by atoms with Crippen LogP contribution in [0.2, 0.25) is 0 Å². The summed E-state index contributed by atoms with van der Waals surface area (Å²) < 4.78 is 0. The summed E-state index contributed by atoms with van der Waals surface area (Å²) in [4.78, 5) is 24.1. The van der Waals surface area contributed by atoms with E-state index in [9.17, 15) is 9.59 Å². The van der Waals surface area contributed by atoms with Crippen molar-refractivity contribution >= 4 is 17.6 Å². The molecule has 0 aliphatic carbocycles. The number of rotatable bonds is 4. The quantitative estimate of drug-likeness (QED) is 0.732. The highest BCUT2D eigenvalue weighted by atomic mass is 16.3. The highest BCUT2D eigenvalue weighted by molar-refractivity contribution is 5.95. The van der Waals surface area contributed by atoms with E-state index in [1.165, 1.54) is 4.90 Å². The number of nitrogens with zero attached hydrogens (tertiary/aromatic N) is 1. The zero-order valence-corrected chi connectivity index (χ0v) is 10.4. The molecule has 1 atom stereocenters. The normalized spacial score (nSPS) is 11.7. The molecule has 98 valence electrons. The number of aliphatic hydroxyl groups is 1. The van der Waals surface area contributed by atoms with E-state index < -0.39 is 6.03 Å². The molecule has 3 amide bonds. The summed E-state index contributed by atoms with van der Waals surface area (Å²) in [5.74, 6) is -0.192. The van der Waals surface area contributed by atoms with E-state index in [-0.39, 0.29) is 18.6 Å². The second kappa shape index (κ2) is 6.02. The molecule has 1 unspecified atom stereocenters. The van der Waals surface area contributed by atoms with Gasteiger partial charge in [-0.05, 0) is 31.2 Å². The molecule has 1 aromatic rings. The first-order valence-corrected chi connectivity index (χ1v) is 5.50. The third-order valence-corrected chi connectivity index (χ3v) is 2.65. The van der Waals surface area contributed by atoms with Crippen LogP contribution in [0.5, 0.6) is 0 Å². The maximum atomic E-state index is 12.0. The van der Waals surface area contributed by atoms with Crippen molar-refractivity contribution in [2.45, 2.75) is 13.0 Å². The van der Waals surface area contributed by atoms with Gasteiger partial charge in [0.25, 0.3) is 5.91 Å². The zero-order valence-electron chi connectivity index (χ0n) is 10.4. The summed E-state index contributed by atoms with van der Waals surface area (Å²) in [6.45, 7) is 1.66. The summed E-state index contributed by atoms with van der Waals surface area (Å²) in [6.07, 6.45) is 0. The first kappa shape index (κ1) is 14.0. The van der Waals surface area contributed by atoms with Crippen molar-refractivity contribution in [3.63, 3.8) is 0 Å². The smallest absolute Gasteiger partial charge is 0.316 e. The number of nitrogens with two attached hydrogens (primary N) is 1. The Labute approximate surface area is 105 Å². The molecule has 0 bridgehead atoms. The van der Waals surface area contributed by atoms with Crippen molar-refractivity contribution in [1.82, 2.24) is 4.90 Å². The molecule has 6 heteroatoms. The minimum absolute atomic E-state index is 0.0937. The van der Waals surface area contributed by atoms with Gasteiger partial charge in [0.2, 0.25) is 0 Å². The van der Waals surface area contributed by atoms with Gasteiger partial charge in [0, 0.05) is 18.3 Å². The van der Waals surface area contributed by atoms with Gasteiger partial charge >= 0.3 is 6.03 Å². The van der Waals surface area contributed by atoms with Crippen molar-refractivity contribution in [1.29, 1.82) is 0 Å². The van der Waals surface area contributed by atoms with Crippen LogP contribution < -0.4 is 11.1 Å². The van der Waals surface area contributed by atoms with Crippen molar-refractivity contribution in [2.75, 3.05) is 19.0 Å². The molecule has 18 heavy (non-hydrogen) atoms. The van der Waals surface area contributed by atoms with E-state index in [0.29, 0.717) is 11.3 Å². The first-order chi connectivity index (χ1) is 8.45. The molecule has 6 nitrogen and oxygen atoms in total. The maximum absolute atomic E-state index is 12.0. The lowest BCUT2D eigenvalue weighted by Gasteiger charge is -2.23. The molecule has 0 aliphatic heterocycles. The van der Waals surface area contributed by atoms with E-state index >= 15 is 0 Å². The van der Waals surface area contributed by atoms with Gasteiger partial charge in [-0.15, -0.1) is 0 Å². The van der Waals surface area contributed by atoms with Crippen molar-refractivity contribution < 1.29 is 14.7 Å². The number of benzene rings is 1. The average molecular weight is 251 g/mol. The minimum atomic E-state index is -0.653. The van der Waals surface area contributed by atoms with E-state index in [1.807, 2.05) is 0 Å². The van der Waals surface area contributed by atoms with Crippen molar-refractivity contribution in [2.24, 2.45) is 5.73 Å². The van der Waals surface area contributed by atoms with Gasteiger partial charge in [0.15, 0.2) is 0 Å². The van der Waals surface area contributed by atoms with Crippen LogP contribution in [0.4, 0.5) is 10.5 Å². The molecule has 0 aromatic heterocycles. The van der Waals surface area contributed by atoms with Gasteiger partial charge in [-0.1, -0.05) is 0 Å². The Kier molecular flexibility index (Phi) is 4.67. The standard InChI is InChI=1S/C12H17N3O3/c1-8(7-16)15(2)11(17)9-3-5-10(6-4-9)14-12(13)18/h3-6,8,16H,7H2,1-2H3,(H3,13,14,18). The lowest BCUT2D eigenvalue weighted by atomic mass is 10.1. The number of urea groups is 1. The topological polar surface area (TPSA) is 95.7 Å². The van der Waals surface area contributed by atoms with Gasteiger partial charge in [0.1, 0.15) is 0 Å². The minimum Gasteiger partial charge on any atom is -0.394 e. The average Bonchev–Trinajstić information content (AvgIpc) is 2.36. The second-order valence-electron chi connectivity index (χ2n) is 4.01. The van der Waals surface area contributed by atoms with Gasteiger partial charge < -0.3 is 21.1 Å². The highest BCUT2D eigenvalue weighted by Gasteiger charge is 2.16. The van der Waals surface area contributed by atoms with Crippen molar-refractivity contribution in [3.8, 4) is 0 Å².